The van der Waals surface area contributed by atoms with E-state index in [0.29, 0.717) is 12.0 Å². The maximum Gasteiger partial charge on any atom is 0.245 e. The molecule has 0 spiro atoms. The molecule has 5 nitrogen and oxygen atoms in total. The Hall–Kier alpha value is -1.80. The molecular formula is C16H18F2N2O3S. The summed E-state index contributed by atoms with van der Waals surface area (Å²) in [5.74, 6) is -1.03. The fourth-order valence-electron chi connectivity index (χ4n) is 3.25. The van der Waals surface area contributed by atoms with Gasteiger partial charge in [-0.1, -0.05) is 18.1 Å². The maximum absolute atomic E-state index is 14.1. The summed E-state index contributed by atoms with van der Waals surface area (Å²) in [6, 6.07) is 3.40. The number of hydrogen-bond acceptors (Lipinski definition) is 4. The lowest BCUT2D eigenvalue weighted by molar-refractivity contribution is 0.390. The van der Waals surface area contributed by atoms with Crippen molar-refractivity contribution in [3.05, 3.63) is 46.9 Å². The number of aryl methyl sites for hydroxylation is 2. The van der Waals surface area contributed by atoms with Gasteiger partial charge in [0.05, 0.1) is 0 Å². The van der Waals surface area contributed by atoms with Gasteiger partial charge in [0.25, 0.3) is 0 Å². The van der Waals surface area contributed by atoms with E-state index >= 15 is 0 Å². The van der Waals surface area contributed by atoms with Crippen molar-refractivity contribution in [3.8, 4) is 0 Å². The minimum Gasteiger partial charge on any atom is -0.360 e. The minimum atomic E-state index is -3.83. The largest absolute Gasteiger partial charge is 0.360 e. The Balaban J connectivity index is 1.87. The lowest BCUT2D eigenvalue weighted by atomic mass is 9.93. The molecule has 1 heterocycles. The Morgan fingerprint density at radius 2 is 2.04 bits per heavy atom. The highest BCUT2D eigenvalue weighted by molar-refractivity contribution is 7.89. The topological polar surface area (TPSA) is 72.2 Å². The van der Waals surface area contributed by atoms with Crippen molar-refractivity contribution >= 4 is 10.0 Å². The third-order valence-electron chi connectivity index (χ3n) is 4.74. The van der Waals surface area contributed by atoms with E-state index in [1.807, 2.05) is 6.92 Å². The Morgan fingerprint density at radius 3 is 2.54 bits per heavy atom. The molecule has 8 heteroatoms. The molecule has 1 N–H and O–H groups in total. The molecule has 2 aromatic rings. The van der Waals surface area contributed by atoms with Crippen LogP contribution in [0.4, 0.5) is 8.78 Å². The molecule has 2 unspecified atom stereocenters. The highest BCUT2D eigenvalue weighted by atomic mass is 32.2. The monoisotopic (exact) mass is 356 g/mol. The lowest BCUT2D eigenvalue weighted by Crippen LogP contribution is -2.34. The molecular weight excluding hydrogens is 338 g/mol. The summed E-state index contributed by atoms with van der Waals surface area (Å²) in [6.45, 7) is 5.00. The van der Waals surface area contributed by atoms with Crippen LogP contribution in [0.25, 0.3) is 0 Å². The van der Waals surface area contributed by atoms with Crippen molar-refractivity contribution < 1.29 is 21.7 Å². The number of aromatic nitrogens is 1. The zero-order chi connectivity index (χ0) is 17.7. The fourth-order valence-corrected chi connectivity index (χ4v) is 4.69. The molecule has 0 amide bonds. The first-order chi connectivity index (χ1) is 11.2. The summed E-state index contributed by atoms with van der Waals surface area (Å²) in [5.41, 5.74) is -0.0622. The van der Waals surface area contributed by atoms with Crippen LogP contribution in [0.3, 0.4) is 0 Å². The fraction of sp³-hybridized carbons (Fsp3) is 0.438. The Morgan fingerprint density at radius 1 is 1.38 bits per heavy atom. The average Bonchev–Trinajstić information content (AvgIpc) is 3.01. The average molecular weight is 356 g/mol. The van der Waals surface area contributed by atoms with E-state index in [9.17, 15) is 17.2 Å². The molecule has 2 atom stereocenters. The second-order valence-corrected chi connectivity index (χ2v) is 8.07. The van der Waals surface area contributed by atoms with Gasteiger partial charge in [-0.3, -0.25) is 0 Å². The number of rotatable bonds is 5. The molecule has 0 aliphatic heterocycles. The van der Waals surface area contributed by atoms with Gasteiger partial charge in [0.1, 0.15) is 22.2 Å². The quantitative estimate of drug-likeness (QED) is 0.894. The summed E-state index contributed by atoms with van der Waals surface area (Å²) in [7, 11) is -3.83. The molecule has 130 valence electrons. The van der Waals surface area contributed by atoms with E-state index in [4.69, 9.17) is 4.52 Å². The van der Waals surface area contributed by atoms with Gasteiger partial charge in [0, 0.05) is 18.0 Å². The van der Waals surface area contributed by atoms with Crippen molar-refractivity contribution in [2.75, 3.05) is 6.54 Å². The Labute approximate surface area is 139 Å². The molecule has 24 heavy (non-hydrogen) atoms. The highest BCUT2D eigenvalue weighted by Crippen LogP contribution is 2.54. The van der Waals surface area contributed by atoms with Crippen LogP contribution < -0.4 is 4.72 Å². The first-order valence-corrected chi connectivity index (χ1v) is 9.04. The normalized spacial score (nSPS) is 23.5. The van der Waals surface area contributed by atoms with Crippen LogP contribution >= 0.6 is 0 Å². The molecule has 1 fully saturated rings. The van der Waals surface area contributed by atoms with Gasteiger partial charge < -0.3 is 4.52 Å². The molecule has 3 rings (SSSR count). The lowest BCUT2D eigenvalue weighted by Gasteiger charge is -2.19. The van der Waals surface area contributed by atoms with Crippen molar-refractivity contribution in [3.63, 3.8) is 0 Å². The number of benzene rings is 1. The number of halogens is 2. The molecule has 1 aliphatic carbocycles. The van der Waals surface area contributed by atoms with Gasteiger partial charge in [-0.2, -0.15) is 0 Å². The van der Waals surface area contributed by atoms with E-state index in [-0.39, 0.29) is 28.8 Å². The smallest absolute Gasteiger partial charge is 0.245 e. The Bertz CT molecular complexity index is 875. The molecule has 1 aromatic carbocycles. The Kier molecular flexibility index (Phi) is 4.00. The molecule has 1 aromatic heterocycles. The summed E-state index contributed by atoms with van der Waals surface area (Å²) in [5, 5.41) is 3.64. The van der Waals surface area contributed by atoms with Crippen LogP contribution in [0.15, 0.2) is 27.6 Å². The van der Waals surface area contributed by atoms with Crippen LogP contribution in [0.2, 0.25) is 0 Å². The van der Waals surface area contributed by atoms with Crippen molar-refractivity contribution in [2.45, 2.75) is 37.5 Å². The third-order valence-corrected chi connectivity index (χ3v) is 6.38. The minimum absolute atomic E-state index is 0.00512. The standard InChI is InChI=1S/C16H18F2N2O3S/c1-9-7-16(9,13-5-4-12(17)6-14(13)18)8-19-24(21,22)15-10(2)20-23-11(15)3/h4-6,9,19H,7-8H2,1-3H3. The predicted molar refractivity (Wildman–Crippen MR) is 83.0 cm³/mol. The van der Waals surface area contributed by atoms with E-state index in [1.165, 1.54) is 19.1 Å². The first kappa shape index (κ1) is 17.0. The number of nitrogens with one attached hydrogen (secondary N) is 1. The second kappa shape index (κ2) is 5.63. The molecule has 1 aliphatic rings. The van der Waals surface area contributed by atoms with Crippen molar-refractivity contribution in [2.24, 2.45) is 5.92 Å². The molecule has 1 saturated carbocycles. The van der Waals surface area contributed by atoms with Gasteiger partial charge >= 0.3 is 0 Å². The summed E-state index contributed by atoms with van der Waals surface area (Å²) < 4.78 is 59.7. The summed E-state index contributed by atoms with van der Waals surface area (Å²) in [6.07, 6.45) is 0.625. The van der Waals surface area contributed by atoms with Gasteiger partial charge in [-0.25, -0.2) is 21.9 Å². The zero-order valence-electron chi connectivity index (χ0n) is 13.6. The second-order valence-electron chi connectivity index (χ2n) is 6.36. The maximum atomic E-state index is 14.1. The predicted octanol–water partition coefficient (Wildman–Crippen LogP) is 2.83. The van der Waals surface area contributed by atoms with Crippen LogP contribution in [-0.4, -0.2) is 20.1 Å². The summed E-state index contributed by atoms with van der Waals surface area (Å²) in [4.78, 5) is 0.00512. The third kappa shape index (κ3) is 2.73. The van der Waals surface area contributed by atoms with Crippen LogP contribution in [-0.2, 0) is 15.4 Å². The van der Waals surface area contributed by atoms with E-state index in [0.717, 1.165) is 6.07 Å². The van der Waals surface area contributed by atoms with Gasteiger partial charge in [-0.05, 0) is 37.8 Å². The van der Waals surface area contributed by atoms with Crippen LogP contribution in [0.5, 0.6) is 0 Å². The van der Waals surface area contributed by atoms with Gasteiger partial charge in [0.2, 0.25) is 10.0 Å². The number of nitrogens with zero attached hydrogens (tertiary/aromatic N) is 1. The number of sulfonamides is 1. The summed E-state index contributed by atoms with van der Waals surface area (Å²) >= 11 is 0. The van der Waals surface area contributed by atoms with Gasteiger partial charge in [0.15, 0.2) is 5.76 Å². The van der Waals surface area contributed by atoms with Crippen LogP contribution in [0, 0.1) is 31.4 Å². The van der Waals surface area contributed by atoms with Gasteiger partial charge in [-0.15, -0.1) is 0 Å². The molecule has 0 radical (unpaired) electrons. The van der Waals surface area contributed by atoms with E-state index in [2.05, 4.69) is 9.88 Å². The number of hydrogen-bond donors (Lipinski definition) is 1. The van der Waals surface area contributed by atoms with Crippen LogP contribution in [0.1, 0.15) is 30.4 Å². The molecule has 0 saturated heterocycles. The van der Waals surface area contributed by atoms with E-state index < -0.39 is 27.1 Å². The zero-order valence-corrected chi connectivity index (χ0v) is 14.4. The van der Waals surface area contributed by atoms with Crippen molar-refractivity contribution in [1.29, 1.82) is 0 Å². The molecule has 0 bridgehead atoms. The van der Waals surface area contributed by atoms with E-state index in [1.54, 1.807) is 6.92 Å². The highest BCUT2D eigenvalue weighted by Gasteiger charge is 2.54. The first-order valence-electron chi connectivity index (χ1n) is 7.55. The SMILES string of the molecule is Cc1noc(C)c1S(=O)(=O)NCC1(c2ccc(F)cc2F)CC1C. The van der Waals surface area contributed by atoms with Crippen molar-refractivity contribution in [1.82, 2.24) is 9.88 Å².